The molecule has 1 aromatic carbocycles. The monoisotopic (exact) mass is 392 g/mol. The summed E-state index contributed by atoms with van der Waals surface area (Å²) < 4.78 is 10.4. The van der Waals surface area contributed by atoms with E-state index in [0.29, 0.717) is 19.5 Å². The number of likely N-dealkylation sites (tertiary alicyclic amines) is 1. The van der Waals surface area contributed by atoms with Crippen LogP contribution in [0.25, 0.3) is 0 Å². The summed E-state index contributed by atoms with van der Waals surface area (Å²) in [6.07, 6.45) is -0.313. The van der Waals surface area contributed by atoms with Crippen LogP contribution in [-0.4, -0.2) is 52.9 Å². The molecule has 0 spiro atoms. The van der Waals surface area contributed by atoms with E-state index in [1.165, 1.54) is 0 Å². The van der Waals surface area contributed by atoms with Crippen LogP contribution < -0.4 is 5.32 Å². The molecular weight excluding hydrogens is 364 g/mol. The van der Waals surface area contributed by atoms with Crippen molar-refractivity contribution in [3.05, 3.63) is 35.9 Å². The number of nitrogens with zero attached hydrogens (tertiary/aromatic N) is 1. The number of hydrogen-bond acceptors (Lipinski definition) is 5. The van der Waals surface area contributed by atoms with Gasteiger partial charge in [0.1, 0.15) is 18.2 Å². The van der Waals surface area contributed by atoms with Crippen LogP contribution in [0, 0.1) is 5.92 Å². The number of aliphatic carboxylic acids is 1. The third-order valence-electron chi connectivity index (χ3n) is 4.31. The van der Waals surface area contributed by atoms with Crippen LogP contribution >= 0.6 is 0 Å². The highest BCUT2D eigenvalue weighted by Gasteiger charge is 2.32. The minimum absolute atomic E-state index is 0.0414. The van der Waals surface area contributed by atoms with Gasteiger partial charge in [-0.25, -0.2) is 14.4 Å². The van der Waals surface area contributed by atoms with Crippen molar-refractivity contribution in [1.82, 2.24) is 10.2 Å². The number of carbonyl (C=O) groups excluding carboxylic acids is 2. The second kappa shape index (κ2) is 9.43. The Labute approximate surface area is 164 Å². The standard InChI is InChI=1S/C20H28N2O6/c1-20(2,3)28-18(25)21-16(17(23)24)11-15-9-10-22(12-15)19(26)27-13-14-7-5-4-6-8-14/h4-8,15-16H,9-13H2,1-3H3,(H,21,25)(H,23,24). The van der Waals surface area contributed by atoms with Gasteiger partial charge in [-0.15, -0.1) is 0 Å². The largest absolute Gasteiger partial charge is 0.480 e. The van der Waals surface area contributed by atoms with Crippen molar-refractivity contribution in [3.8, 4) is 0 Å². The SMILES string of the molecule is CC(C)(C)OC(=O)NC(CC1CCN(C(=O)OCc2ccccc2)C1)C(=O)O. The highest BCUT2D eigenvalue weighted by atomic mass is 16.6. The molecule has 1 heterocycles. The summed E-state index contributed by atoms with van der Waals surface area (Å²) in [5.74, 6) is -1.17. The van der Waals surface area contributed by atoms with Gasteiger partial charge in [0.05, 0.1) is 0 Å². The van der Waals surface area contributed by atoms with E-state index in [1.807, 2.05) is 30.3 Å². The van der Waals surface area contributed by atoms with Crippen LogP contribution in [0.15, 0.2) is 30.3 Å². The minimum Gasteiger partial charge on any atom is -0.480 e. The highest BCUT2D eigenvalue weighted by molar-refractivity contribution is 5.80. The molecule has 8 nitrogen and oxygen atoms in total. The van der Waals surface area contributed by atoms with Crippen LogP contribution in [0.1, 0.15) is 39.2 Å². The quantitative estimate of drug-likeness (QED) is 0.771. The van der Waals surface area contributed by atoms with E-state index < -0.39 is 29.8 Å². The first kappa shape index (κ1) is 21.5. The maximum atomic E-state index is 12.2. The molecule has 2 unspecified atom stereocenters. The number of carboxylic acid groups (broad SMARTS) is 1. The van der Waals surface area contributed by atoms with Crippen molar-refractivity contribution in [3.63, 3.8) is 0 Å². The maximum absolute atomic E-state index is 12.2. The van der Waals surface area contributed by atoms with E-state index in [4.69, 9.17) is 9.47 Å². The van der Waals surface area contributed by atoms with Crippen molar-refractivity contribution in [2.24, 2.45) is 5.92 Å². The molecule has 2 amide bonds. The second-order valence-corrected chi connectivity index (χ2v) is 7.91. The molecule has 2 N–H and O–H groups in total. The lowest BCUT2D eigenvalue weighted by Gasteiger charge is -2.23. The number of nitrogens with one attached hydrogen (secondary N) is 1. The third-order valence-corrected chi connectivity index (χ3v) is 4.31. The third kappa shape index (κ3) is 7.09. The lowest BCUT2D eigenvalue weighted by molar-refractivity contribution is -0.139. The van der Waals surface area contributed by atoms with Crippen molar-refractivity contribution in [2.45, 2.75) is 51.9 Å². The number of hydrogen-bond donors (Lipinski definition) is 2. The summed E-state index contributed by atoms with van der Waals surface area (Å²) in [5.41, 5.74) is 0.193. The smallest absolute Gasteiger partial charge is 0.410 e. The molecule has 1 saturated heterocycles. The number of rotatable bonds is 6. The zero-order valence-electron chi connectivity index (χ0n) is 16.5. The van der Waals surface area contributed by atoms with Crippen LogP contribution in [0.3, 0.4) is 0 Å². The van der Waals surface area contributed by atoms with Crippen molar-refractivity contribution in [2.75, 3.05) is 13.1 Å². The second-order valence-electron chi connectivity index (χ2n) is 7.91. The number of carboxylic acids is 1. The Morgan fingerprint density at radius 1 is 1.25 bits per heavy atom. The van der Waals surface area contributed by atoms with Crippen molar-refractivity contribution >= 4 is 18.2 Å². The Kier molecular flexibility index (Phi) is 7.25. The van der Waals surface area contributed by atoms with Crippen molar-refractivity contribution < 1.29 is 29.0 Å². The number of amides is 2. The normalized spacial score (nSPS) is 17.7. The van der Waals surface area contributed by atoms with Gasteiger partial charge >= 0.3 is 18.2 Å². The Morgan fingerprint density at radius 2 is 1.93 bits per heavy atom. The zero-order chi connectivity index (χ0) is 20.7. The molecule has 154 valence electrons. The van der Waals surface area contributed by atoms with Gasteiger partial charge in [0, 0.05) is 13.1 Å². The van der Waals surface area contributed by atoms with E-state index in [9.17, 15) is 19.5 Å². The van der Waals surface area contributed by atoms with Gasteiger partial charge in [0.2, 0.25) is 0 Å². The highest BCUT2D eigenvalue weighted by Crippen LogP contribution is 2.22. The Morgan fingerprint density at radius 3 is 2.54 bits per heavy atom. The Balaban J connectivity index is 1.81. The van der Waals surface area contributed by atoms with Gasteiger partial charge in [0.25, 0.3) is 0 Å². The summed E-state index contributed by atoms with van der Waals surface area (Å²) in [7, 11) is 0. The molecule has 1 aliphatic heterocycles. The number of benzene rings is 1. The summed E-state index contributed by atoms with van der Waals surface area (Å²) in [6, 6.07) is 8.32. The Hall–Kier alpha value is -2.77. The molecule has 0 aromatic heterocycles. The first-order chi connectivity index (χ1) is 13.1. The number of carbonyl (C=O) groups is 3. The van der Waals surface area contributed by atoms with Gasteiger partial charge in [-0.05, 0) is 45.1 Å². The molecule has 0 aliphatic carbocycles. The fraction of sp³-hybridized carbons (Fsp3) is 0.550. The van der Waals surface area contributed by atoms with Crippen LogP contribution in [-0.2, 0) is 20.9 Å². The molecule has 1 aromatic rings. The average molecular weight is 392 g/mol. The molecule has 0 bridgehead atoms. The average Bonchev–Trinajstić information content (AvgIpc) is 3.07. The summed E-state index contributed by atoms with van der Waals surface area (Å²) in [4.78, 5) is 37.1. The van der Waals surface area contributed by atoms with Crippen LogP contribution in [0.4, 0.5) is 9.59 Å². The molecule has 0 saturated carbocycles. The lowest BCUT2D eigenvalue weighted by Crippen LogP contribution is -2.44. The molecule has 8 heteroatoms. The van der Waals surface area contributed by atoms with E-state index >= 15 is 0 Å². The van der Waals surface area contributed by atoms with Gasteiger partial charge in [-0.2, -0.15) is 0 Å². The van der Waals surface area contributed by atoms with E-state index in [-0.39, 0.29) is 18.9 Å². The summed E-state index contributed by atoms with van der Waals surface area (Å²) in [5, 5.41) is 11.8. The topological polar surface area (TPSA) is 105 Å². The maximum Gasteiger partial charge on any atom is 0.410 e. The van der Waals surface area contributed by atoms with Crippen LogP contribution in [0.5, 0.6) is 0 Å². The Bertz CT molecular complexity index is 686. The zero-order valence-corrected chi connectivity index (χ0v) is 16.5. The number of ether oxygens (including phenoxy) is 2. The van der Waals surface area contributed by atoms with Gasteiger partial charge in [0.15, 0.2) is 0 Å². The summed E-state index contributed by atoms with van der Waals surface area (Å²) in [6.45, 7) is 6.21. The lowest BCUT2D eigenvalue weighted by atomic mass is 9.99. The predicted octanol–water partition coefficient (Wildman–Crippen LogP) is 3.01. The van der Waals surface area contributed by atoms with Crippen molar-refractivity contribution in [1.29, 1.82) is 0 Å². The van der Waals surface area contributed by atoms with Gasteiger partial charge in [-0.1, -0.05) is 30.3 Å². The van der Waals surface area contributed by atoms with Gasteiger partial charge < -0.3 is 24.8 Å². The fourth-order valence-corrected chi connectivity index (χ4v) is 3.01. The molecule has 0 radical (unpaired) electrons. The fourth-order valence-electron chi connectivity index (χ4n) is 3.01. The predicted molar refractivity (Wildman–Crippen MR) is 102 cm³/mol. The molecule has 1 fully saturated rings. The first-order valence-electron chi connectivity index (χ1n) is 9.32. The molecule has 1 aliphatic rings. The first-order valence-corrected chi connectivity index (χ1v) is 9.32. The minimum atomic E-state index is -1.13. The number of alkyl carbamates (subject to hydrolysis) is 1. The van der Waals surface area contributed by atoms with Crippen LogP contribution in [0.2, 0.25) is 0 Å². The summed E-state index contributed by atoms with van der Waals surface area (Å²) >= 11 is 0. The van der Waals surface area contributed by atoms with E-state index in [1.54, 1.807) is 25.7 Å². The van der Waals surface area contributed by atoms with E-state index in [0.717, 1.165) is 5.56 Å². The molecular formula is C20H28N2O6. The molecule has 28 heavy (non-hydrogen) atoms. The molecule has 2 rings (SSSR count). The van der Waals surface area contributed by atoms with Gasteiger partial charge in [-0.3, -0.25) is 0 Å². The molecule has 2 atom stereocenters. The van der Waals surface area contributed by atoms with E-state index in [2.05, 4.69) is 5.32 Å².